The van der Waals surface area contributed by atoms with Crippen LogP contribution in [0.5, 0.6) is 11.5 Å². The van der Waals surface area contributed by atoms with Gasteiger partial charge in [0.2, 0.25) is 5.76 Å². The van der Waals surface area contributed by atoms with Crippen LogP contribution >= 0.6 is 27.5 Å². The molecular weight excluding hydrogens is 606 g/mol. The quantitative estimate of drug-likeness (QED) is 0.174. The molecule has 4 aromatic carbocycles. The average molecular weight is 631 g/mol. The van der Waals surface area contributed by atoms with Crippen molar-refractivity contribution in [3.8, 4) is 11.5 Å². The molecule has 2 heterocycles. The number of halogens is 2. The number of amides is 1. The fourth-order valence-corrected chi connectivity index (χ4v) is 5.69. The molecule has 1 aliphatic rings. The minimum atomic E-state index is -0.726. The maximum atomic E-state index is 14.0. The molecular formula is C33H25BrClNO5. The van der Waals surface area contributed by atoms with Gasteiger partial charge in [0, 0.05) is 16.0 Å². The lowest BCUT2D eigenvalue weighted by molar-refractivity contribution is 0.0714. The minimum absolute atomic E-state index is 0.0317. The van der Waals surface area contributed by atoms with Crippen molar-refractivity contribution in [1.82, 2.24) is 4.90 Å². The Labute approximate surface area is 250 Å². The second-order valence-electron chi connectivity index (χ2n) is 9.65. The van der Waals surface area contributed by atoms with Gasteiger partial charge in [-0.15, -0.1) is 0 Å². The van der Waals surface area contributed by atoms with E-state index in [9.17, 15) is 9.59 Å². The van der Waals surface area contributed by atoms with Crippen LogP contribution < -0.4 is 14.9 Å². The predicted octanol–water partition coefficient (Wildman–Crippen LogP) is 7.93. The molecule has 0 N–H and O–H groups in total. The van der Waals surface area contributed by atoms with E-state index in [0.29, 0.717) is 46.3 Å². The molecule has 1 aromatic heterocycles. The van der Waals surface area contributed by atoms with Gasteiger partial charge in [-0.1, -0.05) is 82.1 Å². The highest BCUT2D eigenvalue weighted by Gasteiger charge is 2.43. The highest BCUT2D eigenvalue weighted by molar-refractivity contribution is 9.10. The normalized spacial score (nSPS) is 14.4. The Morgan fingerprint density at radius 3 is 2.46 bits per heavy atom. The summed E-state index contributed by atoms with van der Waals surface area (Å²) in [6.45, 7) is 2.86. The van der Waals surface area contributed by atoms with Gasteiger partial charge in [0.05, 0.1) is 23.6 Å². The van der Waals surface area contributed by atoms with Crippen molar-refractivity contribution in [2.45, 2.75) is 26.1 Å². The van der Waals surface area contributed by atoms with Gasteiger partial charge >= 0.3 is 0 Å². The topological polar surface area (TPSA) is 69.0 Å². The summed E-state index contributed by atoms with van der Waals surface area (Å²) < 4.78 is 18.9. The molecule has 0 saturated heterocycles. The minimum Gasteiger partial charge on any atom is -0.490 e. The lowest BCUT2D eigenvalue weighted by Crippen LogP contribution is -2.29. The lowest BCUT2D eigenvalue weighted by atomic mass is 9.97. The Bertz CT molecular complexity index is 1820. The van der Waals surface area contributed by atoms with E-state index in [1.807, 2.05) is 73.7 Å². The number of rotatable bonds is 8. The van der Waals surface area contributed by atoms with E-state index in [-0.39, 0.29) is 29.2 Å². The van der Waals surface area contributed by atoms with Gasteiger partial charge in [0.15, 0.2) is 16.9 Å². The molecule has 0 fully saturated rings. The number of ether oxygens (including phenoxy) is 2. The zero-order valence-electron chi connectivity index (χ0n) is 22.1. The van der Waals surface area contributed by atoms with Crippen LogP contribution in [0.15, 0.2) is 105 Å². The SMILES string of the molecule is CCOc1cc(C2c3c(oc4ccc(Br)cc4c3=O)C(=O)N2Cc2ccccc2Cl)ccc1OCc1ccccc1. The highest BCUT2D eigenvalue weighted by Crippen LogP contribution is 2.42. The summed E-state index contributed by atoms with van der Waals surface area (Å²) in [4.78, 5) is 29.5. The van der Waals surface area contributed by atoms with Gasteiger partial charge < -0.3 is 18.8 Å². The summed E-state index contributed by atoms with van der Waals surface area (Å²) in [5, 5.41) is 0.923. The molecule has 41 heavy (non-hydrogen) atoms. The van der Waals surface area contributed by atoms with Crippen molar-refractivity contribution >= 4 is 44.4 Å². The van der Waals surface area contributed by atoms with E-state index in [1.54, 1.807) is 29.2 Å². The number of fused-ring (bicyclic) bond motifs is 2. The van der Waals surface area contributed by atoms with E-state index in [4.69, 9.17) is 25.5 Å². The summed E-state index contributed by atoms with van der Waals surface area (Å²) >= 11 is 9.94. The Morgan fingerprint density at radius 1 is 0.902 bits per heavy atom. The molecule has 1 unspecified atom stereocenters. The smallest absolute Gasteiger partial charge is 0.291 e. The third kappa shape index (κ3) is 5.23. The van der Waals surface area contributed by atoms with Gasteiger partial charge in [-0.2, -0.15) is 0 Å². The van der Waals surface area contributed by atoms with Crippen LogP contribution in [0.3, 0.4) is 0 Å². The van der Waals surface area contributed by atoms with Gasteiger partial charge in [-0.25, -0.2) is 0 Å². The zero-order chi connectivity index (χ0) is 28.5. The predicted molar refractivity (Wildman–Crippen MR) is 162 cm³/mol. The summed E-state index contributed by atoms with van der Waals surface area (Å²) in [6, 6.07) is 27.2. The van der Waals surface area contributed by atoms with Gasteiger partial charge in [0.25, 0.3) is 5.91 Å². The van der Waals surface area contributed by atoms with Crippen molar-refractivity contribution < 1.29 is 18.7 Å². The molecule has 1 aliphatic heterocycles. The standard InChI is InChI=1S/C33H25BrClNO5/c1-2-39-28-16-21(12-14-27(28)40-19-20-8-4-3-5-9-20)30-29-31(37)24-17-23(34)13-15-26(24)41-32(29)33(38)36(30)18-22-10-6-7-11-25(22)35/h3-17,30H,2,18-19H2,1H3. The molecule has 1 amide bonds. The van der Waals surface area contributed by atoms with Crippen molar-refractivity contribution in [3.63, 3.8) is 0 Å². The van der Waals surface area contributed by atoms with Gasteiger partial charge in [0.1, 0.15) is 12.2 Å². The largest absolute Gasteiger partial charge is 0.490 e. The molecule has 0 aliphatic carbocycles. The molecule has 6 nitrogen and oxygen atoms in total. The Morgan fingerprint density at radius 2 is 1.68 bits per heavy atom. The first-order valence-corrected chi connectivity index (χ1v) is 14.4. The average Bonchev–Trinajstić information content (AvgIpc) is 3.26. The molecule has 0 spiro atoms. The highest BCUT2D eigenvalue weighted by atomic mass is 79.9. The van der Waals surface area contributed by atoms with E-state index in [0.717, 1.165) is 15.6 Å². The van der Waals surface area contributed by atoms with Crippen LogP contribution in [0, 0.1) is 0 Å². The Balaban J connectivity index is 1.47. The lowest BCUT2D eigenvalue weighted by Gasteiger charge is -2.26. The Kier molecular flexibility index (Phi) is 7.56. The first-order valence-electron chi connectivity index (χ1n) is 13.2. The number of carbonyl (C=O) groups is 1. The first-order chi connectivity index (χ1) is 19.9. The van der Waals surface area contributed by atoms with E-state index < -0.39 is 6.04 Å². The number of hydrogen-bond donors (Lipinski definition) is 0. The Hall–Kier alpha value is -4.07. The second kappa shape index (κ2) is 11.4. The van der Waals surface area contributed by atoms with Crippen LogP contribution in [-0.2, 0) is 13.2 Å². The fraction of sp³-hybridized carbons (Fsp3) is 0.152. The van der Waals surface area contributed by atoms with E-state index in [2.05, 4.69) is 15.9 Å². The second-order valence-corrected chi connectivity index (χ2v) is 11.0. The number of hydrogen-bond acceptors (Lipinski definition) is 5. The summed E-state index contributed by atoms with van der Waals surface area (Å²) in [5.74, 6) is 0.738. The maximum absolute atomic E-state index is 14.0. The zero-order valence-corrected chi connectivity index (χ0v) is 24.4. The van der Waals surface area contributed by atoms with E-state index in [1.165, 1.54) is 0 Å². The third-order valence-corrected chi connectivity index (χ3v) is 7.91. The number of nitrogens with zero attached hydrogens (tertiary/aromatic N) is 1. The molecule has 6 rings (SSSR count). The third-order valence-electron chi connectivity index (χ3n) is 7.05. The van der Waals surface area contributed by atoms with Crippen LogP contribution in [-0.4, -0.2) is 17.4 Å². The van der Waals surface area contributed by atoms with Crippen LogP contribution in [0.25, 0.3) is 11.0 Å². The molecule has 0 bridgehead atoms. The van der Waals surface area contributed by atoms with Crippen LogP contribution in [0.2, 0.25) is 5.02 Å². The van der Waals surface area contributed by atoms with Crippen molar-refractivity contribution in [2.24, 2.45) is 0 Å². The molecule has 1 atom stereocenters. The molecule has 8 heteroatoms. The van der Waals surface area contributed by atoms with Crippen molar-refractivity contribution in [2.75, 3.05) is 6.61 Å². The fourth-order valence-electron chi connectivity index (χ4n) is 5.13. The summed E-state index contributed by atoms with van der Waals surface area (Å²) in [5.41, 5.74) is 2.85. The number of carbonyl (C=O) groups excluding carboxylic acids is 1. The van der Waals surface area contributed by atoms with Crippen LogP contribution in [0.4, 0.5) is 0 Å². The molecule has 206 valence electrons. The molecule has 0 saturated carbocycles. The monoisotopic (exact) mass is 629 g/mol. The molecule has 0 radical (unpaired) electrons. The van der Waals surface area contributed by atoms with Crippen molar-refractivity contribution in [1.29, 1.82) is 0 Å². The van der Waals surface area contributed by atoms with Gasteiger partial charge in [-0.3, -0.25) is 9.59 Å². The van der Waals surface area contributed by atoms with E-state index >= 15 is 0 Å². The summed E-state index contributed by atoms with van der Waals surface area (Å²) in [7, 11) is 0. The molecule has 5 aromatic rings. The number of benzene rings is 4. The van der Waals surface area contributed by atoms with Gasteiger partial charge in [-0.05, 0) is 60.0 Å². The first kappa shape index (κ1) is 27.1. The van der Waals surface area contributed by atoms with Crippen LogP contribution in [0.1, 0.15) is 45.8 Å². The summed E-state index contributed by atoms with van der Waals surface area (Å²) in [6.07, 6.45) is 0. The van der Waals surface area contributed by atoms with Crippen molar-refractivity contribution in [3.05, 3.63) is 139 Å². The maximum Gasteiger partial charge on any atom is 0.291 e.